The largest absolute Gasteiger partial charge is 0.472 e. The first kappa shape index (κ1) is 58.7. The van der Waals surface area contributed by atoms with Gasteiger partial charge >= 0.3 is 13.8 Å². The van der Waals surface area contributed by atoms with E-state index < -0.39 is 26.5 Å². The van der Waals surface area contributed by atoms with E-state index in [9.17, 15) is 24.2 Å². The van der Waals surface area contributed by atoms with Crippen LogP contribution >= 0.6 is 7.82 Å². The van der Waals surface area contributed by atoms with Crippen molar-refractivity contribution in [3.8, 4) is 0 Å². The van der Waals surface area contributed by atoms with Gasteiger partial charge in [0, 0.05) is 19.4 Å². The van der Waals surface area contributed by atoms with Gasteiger partial charge in [-0.25, -0.2) is 4.57 Å². The summed E-state index contributed by atoms with van der Waals surface area (Å²) in [5.41, 5.74) is 0. The molecule has 0 aromatic rings. The number of aliphatic hydroxyl groups excluding tert-OH is 1. The van der Waals surface area contributed by atoms with E-state index in [-0.39, 0.29) is 32.1 Å². The van der Waals surface area contributed by atoms with Gasteiger partial charge in [0.25, 0.3) is 0 Å². The van der Waals surface area contributed by atoms with Crippen molar-refractivity contribution in [3.05, 3.63) is 60.8 Å². The third kappa shape index (κ3) is 48.6. The molecule has 9 nitrogen and oxygen atoms in total. The average molecular weight is 878 g/mol. The molecule has 0 saturated heterocycles. The molecule has 2 atom stereocenters. The fraction of sp³-hybridized carbons (Fsp3) is 0.765. The predicted octanol–water partition coefficient (Wildman–Crippen LogP) is 14.4. The van der Waals surface area contributed by atoms with E-state index in [4.69, 9.17) is 13.8 Å². The number of allylic oxidation sites excluding steroid dienone is 10. The molecule has 0 rings (SSSR count). The Bertz CT molecular complexity index is 1180. The highest BCUT2D eigenvalue weighted by molar-refractivity contribution is 7.47. The van der Waals surface area contributed by atoms with Crippen molar-refractivity contribution in [1.82, 2.24) is 5.32 Å². The number of amides is 1. The molecule has 3 N–H and O–H groups in total. The minimum atomic E-state index is -4.44. The molecule has 10 heteroatoms. The number of ether oxygens (including phenoxy) is 1. The number of carbonyl (C=O) groups excluding carboxylic acids is 2. The molecular formula is C51H92NO8P. The highest BCUT2D eigenvalue weighted by Gasteiger charge is 2.23. The predicted molar refractivity (Wildman–Crippen MR) is 256 cm³/mol. The van der Waals surface area contributed by atoms with Gasteiger partial charge in [-0.15, -0.1) is 0 Å². The molecule has 0 radical (unpaired) electrons. The van der Waals surface area contributed by atoms with Gasteiger partial charge in [0.1, 0.15) is 12.7 Å². The number of phosphoric acid groups is 1. The van der Waals surface area contributed by atoms with Gasteiger partial charge in [0.2, 0.25) is 5.91 Å². The Morgan fingerprint density at radius 2 is 0.934 bits per heavy atom. The summed E-state index contributed by atoms with van der Waals surface area (Å²) < 4.78 is 26.9. The molecular weight excluding hydrogens is 786 g/mol. The number of hydrogen-bond acceptors (Lipinski definition) is 7. The molecule has 1 amide bonds. The first-order valence-electron chi connectivity index (χ1n) is 24.8. The Balaban J connectivity index is 3.60. The third-order valence-electron chi connectivity index (χ3n) is 10.5. The van der Waals surface area contributed by atoms with Crippen molar-refractivity contribution in [2.45, 2.75) is 225 Å². The van der Waals surface area contributed by atoms with Crippen molar-refractivity contribution in [2.24, 2.45) is 0 Å². The zero-order chi connectivity index (χ0) is 44.6. The number of carbonyl (C=O) groups is 2. The SMILES string of the molecule is CC/C=C\C/C=C\C/C=C\C/C=C\C/C=C\CCCC(=O)NCCOP(=O)(O)OCC(O)COC(=O)CCCCCCCCCCCCCCCCCCCCCCCCC. The van der Waals surface area contributed by atoms with E-state index in [0.717, 1.165) is 57.8 Å². The van der Waals surface area contributed by atoms with Crippen LogP contribution in [0.5, 0.6) is 0 Å². The van der Waals surface area contributed by atoms with Crippen LogP contribution in [-0.4, -0.2) is 54.3 Å². The number of aliphatic hydroxyl groups is 1. The molecule has 0 bridgehead atoms. The normalized spacial score (nSPS) is 13.7. The molecule has 0 aromatic heterocycles. The summed E-state index contributed by atoms with van der Waals surface area (Å²) in [4.78, 5) is 34.0. The van der Waals surface area contributed by atoms with Gasteiger partial charge in [-0.2, -0.15) is 0 Å². The molecule has 0 spiro atoms. The van der Waals surface area contributed by atoms with Crippen molar-refractivity contribution in [1.29, 1.82) is 0 Å². The number of nitrogens with one attached hydrogen (secondary N) is 1. The van der Waals surface area contributed by atoms with Gasteiger partial charge < -0.3 is 20.1 Å². The summed E-state index contributed by atoms with van der Waals surface area (Å²) in [5.74, 6) is -0.572. The zero-order valence-corrected chi connectivity index (χ0v) is 40.0. The van der Waals surface area contributed by atoms with Gasteiger partial charge in [-0.1, -0.05) is 216 Å². The second-order valence-electron chi connectivity index (χ2n) is 16.4. The Morgan fingerprint density at radius 1 is 0.525 bits per heavy atom. The van der Waals surface area contributed by atoms with E-state index in [1.807, 2.05) is 0 Å². The lowest BCUT2D eigenvalue weighted by Gasteiger charge is -2.15. The summed E-state index contributed by atoms with van der Waals surface area (Å²) in [5, 5.41) is 12.7. The van der Waals surface area contributed by atoms with Crippen molar-refractivity contribution in [3.63, 3.8) is 0 Å². The van der Waals surface area contributed by atoms with Crippen LogP contribution in [0, 0.1) is 0 Å². The lowest BCUT2D eigenvalue weighted by molar-refractivity contribution is -0.147. The molecule has 0 fully saturated rings. The number of hydrogen-bond donors (Lipinski definition) is 3. The fourth-order valence-electron chi connectivity index (χ4n) is 6.77. The molecule has 0 aliphatic heterocycles. The summed E-state index contributed by atoms with van der Waals surface area (Å²) >= 11 is 0. The number of esters is 1. The van der Waals surface area contributed by atoms with Crippen LogP contribution < -0.4 is 5.32 Å². The number of phosphoric ester groups is 1. The maximum atomic E-state index is 12.1. The molecule has 0 aliphatic rings. The van der Waals surface area contributed by atoms with Gasteiger partial charge in [-0.05, 0) is 51.4 Å². The summed E-state index contributed by atoms with van der Waals surface area (Å²) in [6.07, 6.45) is 57.5. The smallest absolute Gasteiger partial charge is 0.463 e. The van der Waals surface area contributed by atoms with Crippen LogP contribution in [0.3, 0.4) is 0 Å². The fourth-order valence-corrected chi connectivity index (χ4v) is 7.53. The summed E-state index contributed by atoms with van der Waals surface area (Å²) in [6.45, 7) is 3.39. The van der Waals surface area contributed by atoms with E-state index in [1.54, 1.807) is 0 Å². The highest BCUT2D eigenvalue weighted by Crippen LogP contribution is 2.42. The lowest BCUT2D eigenvalue weighted by Crippen LogP contribution is -2.27. The molecule has 0 heterocycles. The lowest BCUT2D eigenvalue weighted by atomic mass is 10.0. The molecule has 2 unspecified atom stereocenters. The zero-order valence-electron chi connectivity index (χ0n) is 39.1. The Morgan fingerprint density at radius 3 is 1.38 bits per heavy atom. The van der Waals surface area contributed by atoms with E-state index >= 15 is 0 Å². The van der Waals surface area contributed by atoms with Crippen LogP contribution in [0.2, 0.25) is 0 Å². The topological polar surface area (TPSA) is 131 Å². The molecule has 0 aromatic carbocycles. The van der Waals surface area contributed by atoms with Crippen LogP contribution in [0.1, 0.15) is 219 Å². The van der Waals surface area contributed by atoms with Gasteiger partial charge in [0.05, 0.1) is 13.2 Å². The molecule has 0 saturated carbocycles. The van der Waals surface area contributed by atoms with E-state index in [0.29, 0.717) is 12.8 Å². The minimum Gasteiger partial charge on any atom is -0.463 e. The molecule has 354 valence electrons. The minimum absolute atomic E-state index is 0.0498. The molecule has 61 heavy (non-hydrogen) atoms. The van der Waals surface area contributed by atoms with Crippen LogP contribution in [0.15, 0.2) is 60.8 Å². The third-order valence-corrected chi connectivity index (χ3v) is 11.4. The first-order valence-corrected chi connectivity index (χ1v) is 26.3. The van der Waals surface area contributed by atoms with Crippen molar-refractivity contribution in [2.75, 3.05) is 26.4 Å². The standard InChI is InChI=1S/C51H92NO8P/c1-3-5-7-9-11-13-15-17-19-21-22-23-24-25-26-28-30-32-34-36-38-40-42-44-51(55)58-47-49(53)48-60-61(56,57)59-46-45-52-50(54)43-41-39-37-35-33-31-29-27-20-18-16-14-12-10-8-6-4-2/h6,8,12,14,18,20,29,31,35,37,49,53H,3-5,7,9-11,13,15-17,19,21-28,30,32-34,36,38-48H2,1-2H3,(H,52,54)(H,56,57)/b8-6-,14-12-,20-18-,31-29-,37-35-. The van der Waals surface area contributed by atoms with E-state index in [2.05, 4.69) is 79.9 Å². The van der Waals surface area contributed by atoms with Gasteiger partial charge in [-0.3, -0.25) is 18.6 Å². The maximum Gasteiger partial charge on any atom is 0.472 e. The monoisotopic (exact) mass is 878 g/mol. The first-order chi connectivity index (χ1) is 29.8. The molecule has 0 aliphatic carbocycles. The average Bonchev–Trinajstić information content (AvgIpc) is 3.25. The highest BCUT2D eigenvalue weighted by atomic mass is 31.2. The number of rotatable bonds is 46. The second-order valence-corrected chi connectivity index (χ2v) is 17.9. The quantitative estimate of drug-likeness (QED) is 0.0238. The van der Waals surface area contributed by atoms with Crippen molar-refractivity contribution >= 4 is 19.7 Å². The van der Waals surface area contributed by atoms with Crippen LogP contribution in [-0.2, 0) is 27.9 Å². The van der Waals surface area contributed by atoms with E-state index in [1.165, 1.54) is 128 Å². The maximum absolute atomic E-state index is 12.1. The van der Waals surface area contributed by atoms with Crippen LogP contribution in [0.25, 0.3) is 0 Å². The number of unbranched alkanes of at least 4 members (excludes halogenated alkanes) is 23. The summed E-state index contributed by atoms with van der Waals surface area (Å²) in [6, 6.07) is 0. The second kappa shape index (κ2) is 47.2. The Labute approximate surface area is 374 Å². The Kier molecular flexibility index (Phi) is 45.4. The van der Waals surface area contributed by atoms with Crippen molar-refractivity contribution < 1.29 is 37.9 Å². The van der Waals surface area contributed by atoms with Gasteiger partial charge in [0.15, 0.2) is 0 Å². The Hall–Kier alpha value is -2.29. The van der Waals surface area contributed by atoms with Crippen LogP contribution in [0.4, 0.5) is 0 Å². The summed E-state index contributed by atoms with van der Waals surface area (Å²) in [7, 11) is -4.44.